The lowest BCUT2D eigenvalue weighted by Crippen LogP contribution is -2.26. The quantitative estimate of drug-likeness (QED) is 0.227. The summed E-state index contributed by atoms with van der Waals surface area (Å²) >= 11 is 0. The number of carbonyl (C=O) groups is 3. The van der Waals surface area contributed by atoms with E-state index < -0.39 is 12.1 Å². The van der Waals surface area contributed by atoms with E-state index in [1.807, 2.05) is 24.3 Å². The van der Waals surface area contributed by atoms with Gasteiger partial charge >= 0.3 is 12.1 Å². The molecule has 0 saturated heterocycles. The summed E-state index contributed by atoms with van der Waals surface area (Å²) in [6, 6.07) is 18.3. The Morgan fingerprint density at radius 3 is 1.66 bits per heavy atom. The van der Waals surface area contributed by atoms with Gasteiger partial charge in [-0.3, -0.25) is 14.8 Å². The Kier molecular flexibility index (Phi) is 8.38. The first-order chi connectivity index (χ1) is 20.0. The fourth-order valence-corrected chi connectivity index (χ4v) is 4.36. The fraction of sp³-hybridized carbons (Fsp3) is 0.207. The molecule has 2 heterocycles. The van der Waals surface area contributed by atoms with Gasteiger partial charge in [-0.05, 0) is 73.7 Å². The van der Waals surface area contributed by atoms with Gasteiger partial charge < -0.3 is 37.2 Å². The van der Waals surface area contributed by atoms with Gasteiger partial charge in [-0.25, -0.2) is 9.59 Å². The molecule has 12 nitrogen and oxygen atoms in total. The van der Waals surface area contributed by atoms with Gasteiger partial charge in [0.05, 0.1) is 24.3 Å². The fourth-order valence-electron chi connectivity index (χ4n) is 4.36. The predicted molar refractivity (Wildman–Crippen MR) is 161 cm³/mol. The van der Waals surface area contributed by atoms with Gasteiger partial charge in [0.15, 0.2) is 0 Å². The number of benzene rings is 3. The Labute approximate surface area is 237 Å². The van der Waals surface area contributed by atoms with Crippen molar-refractivity contribution in [2.45, 2.75) is 6.92 Å². The van der Waals surface area contributed by atoms with Gasteiger partial charge in [-0.15, -0.1) is 0 Å². The SMILES string of the molecule is CCNC(=O)c1ccc(NC(=O)Nc2ccc(C3=NCCN3)cc2)cc1NC(=O)Nc1ccc(C2=NCCN2)cc1. The number of nitrogens with zero attached hydrogens (tertiary/aromatic N) is 2. The molecule has 7 N–H and O–H groups in total. The summed E-state index contributed by atoms with van der Waals surface area (Å²) in [4.78, 5) is 47.0. The van der Waals surface area contributed by atoms with Crippen molar-refractivity contribution in [3.05, 3.63) is 83.4 Å². The van der Waals surface area contributed by atoms with Crippen molar-refractivity contribution in [3.8, 4) is 0 Å². The van der Waals surface area contributed by atoms with E-state index in [2.05, 4.69) is 47.2 Å². The number of nitrogens with one attached hydrogen (secondary N) is 7. The highest BCUT2D eigenvalue weighted by molar-refractivity contribution is 6.08. The third-order valence-electron chi connectivity index (χ3n) is 6.29. The van der Waals surface area contributed by atoms with Crippen LogP contribution in [0.25, 0.3) is 0 Å². The van der Waals surface area contributed by atoms with Gasteiger partial charge in [-0.1, -0.05) is 0 Å². The maximum Gasteiger partial charge on any atom is 0.323 e. The standard InChI is InChI=1S/C29H31N9O3/c1-2-30-27(39)23-12-11-22(37-28(40)35-20-7-3-18(4-8-20)25-31-13-14-32-25)17-24(23)38-29(41)36-21-9-5-19(6-10-21)26-33-15-16-34-26/h3-12,17H,2,13-16H2,1H3,(H,30,39)(H,31,32)(H,33,34)(H2,35,37,40)(H2,36,38,41). The molecule has 0 bridgehead atoms. The Bertz CT molecular complexity index is 1500. The van der Waals surface area contributed by atoms with Gasteiger partial charge in [-0.2, -0.15) is 0 Å². The molecule has 0 aliphatic carbocycles. The lowest BCUT2D eigenvalue weighted by molar-refractivity contribution is 0.0956. The van der Waals surface area contributed by atoms with Crippen LogP contribution in [0.3, 0.4) is 0 Å². The highest BCUT2D eigenvalue weighted by Gasteiger charge is 2.16. The first kappa shape index (κ1) is 27.2. The molecule has 0 fully saturated rings. The van der Waals surface area contributed by atoms with Crippen LogP contribution in [-0.4, -0.2) is 62.4 Å². The second-order valence-electron chi connectivity index (χ2n) is 9.25. The van der Waals surface area contributed by atoms with E-state index in [4.69, 9.17) is 0 Å². The monoisotopic (exact) mass is 553 g/mol. The van der Waals surface area contributed by atoms with Crippen LogP contribution < -0.4 is 37.2 Å². The van der Waals surface area contributed by atoms with E-state index >= 15 is 0 Å². The van der Waals surface area contributed by atoms with E-state index in [1.54, 1.807) is 43.3 Å². The van der Waals surface area contributed by atoms with Crippen molar-refractivity contribution >= 4 is 52.4 Å². The van der Waals surface area contributed by atoms with Crippen molar-refractivity contribution in [2.24, 2.45) is 9.98 Å². The maximum absolute atomic E-state index is 12.9. The van der Waals surface area contributed by atoms with Crippen molar-refractivity contribution in [1.29, 1.82) is 0 Å². The number of hydrogen-bond acceptors (Lipinski definition) is 7. The van der Waals surface area contributed by atoms with Crippen molar-refractivity contribution in [2.75, 3.05) is 54.0 Å². The molecule has 3 aromatic carbocycles. The molecule has 0 saturated carbocycles. The van der Waals surface area contributed by atoms with Crippen molar-refractivity contribution < 1.29 is 14.4 Å². The number of hydrogen-bond donors (Lipinski definition) is 7. The summed E-state index contributed by atoms with van der Waals surface area (Å²) in [5.41, 5.74) is 3.93. The minimum absolute atomic E-state index is 0.238. The van der Waals surface area contributed by atoms with E-state index in [1.165, 1.54) is 6.07 Å². The third kappa shape index (κ3) is 6.98. The number of amidine groups is 2. The molecule has 2 aliphatic rings. The molecule has 5 amide bonds. The number of amides is 5. The normalized spacial score (nSPS) is 13.7. The minimum Gasteiger partial charge on any atom is -0.368 e. The van der Waals surface area contributed by atoms with Gasteiger partial charge in [0.1, 0.15) is 11.7 Å². The molecule has 5 rings (SSSR count). The summed E-state index contributed by atoms with van der Waals surface area (Å²) in [6.45, 7) is 5.33. The number of rotatable bonds is 8. The molecule has 0 radical (unpaired) electrons. The van der Waals surface area contributed by atoms with Crippen LogP contribution in [0.4, 0.5) is 32.3 Å². The average molecular weight is 554 g/mol. The van der Waals surface area contributed by atoms with E-state index in [9.17, 15) is 14.4 Å². The predicted octanol–water partition coefficient (Wildman–Crippen LogP) is 3.42. The Balaban J connectivity index is 1.24. The van der Waals surface area contributed by atoms with Crippen LogP contribution in [0.5, 0.6) is 0 Å². The number of anilines is 4. The first-order valence-corrected chi connectivity index (χ1v) is 13.3. The summed E-state index contributed by atoms with van der Waals surface area (Å²) in [6.07, 6.45) is 0. The summed E-state index contributed by atoms with van der Waals surface area (Å²) in [5.74, 6) is 1.31. The molecular formula is C29H31N9O3. The lowest BCUT2D eigenvalue weighted by atomic mass is 10.1. The molecular weight excluding hydrogens is 522 g/mol. The van der Waals surface area contributed by atoms with E-state index in [0.29, 0.717) is 23.6 Å². The maximum atomic E-state index is 12.9. The summed E-state index contributed by atoms with van der Waals surface area (Å²) < 4.78 is 0. The van der Waals surface area contributed by atoms with Crippen LogP contribution in [-0.2, 0) is 0 Å². The van der Waals surface area contributed by atoms with Crippen LogP contribution in [0.2, 0.25) is 0 Å². The van der Waals surface area contributed by atoms with E-state index in [0.717, 1.165) is 49.0 Å². The van der Waals surface area contributed by atoms with E-state index in [-0.39, 0.29) is 17.2 Å². The molecule has 0 atom stereocenters. The van der Waals surface area contributed by atoms with Gasteiger partial charge in [0.25, 0.3) is 5.91 Å². The smallest absolute Gasteiger partial charge is 0.323 e. The molecule has 2 aliphatic heterocycles. The van der Waals surface area contributed by atoms with Crippen LogP contribution in [0.1, 0.15) is 28.4 Å². The highest BCUT2D eigenvalue weighted by Crippen LogP contribution is 2.23. The molecule has 41 heavy (non-hydrogen) atoms. The summed E-state index contributed by atoms with van der Waals surface area (Å²) in [5, 5.41) is 20.2. The first-order valence-electron chi connectivity index (χ1n) is 13.3. The lowest BCUT2D eigenvalue weighted by Gasteiger charge is -2.15. The third-order valence-corrected chi connectivity index (χ3v) is 6.29. The van der Waals surface area contributed by atoms with Crippen LogP contribution in [0.15, 0.2) is 76.7 Å². The average Bonchev–Trinajstić information content (AvgIpc) is 3.70. The molecule has 0 aromatic heterocycles. The minimum atomic E-state index is -0.539. The Hall–Kier alpha value is -5.39. The highest BCUT2D eigenvalue weighted by atomic mass is 16.2. The van der Waals surface area contributed by atoms with Crippen molar-refractivity contribution in [3.63, 3.8) is 0 Å². The molecule has 0 unspecified atom stereocenters. The Morgan fingerprint density at radius 2 is 1.17 bits per heavy atom. The van der Waals surface area contributed by atoms with Crippen LogP contribution in [0, 0.1) is 0 Å². The number of carbonyl (C=O) groups excluding carboxylic acids is 3. The Morgan fingerprint density at radius 1 is 0.683 bits per heavy atom. The van der Waals surface area contributed by atoms with Crippen LogP contribution >= 0.6 is 0 Å². The van der Waals surface area contributed by atoms with Gasteiger partial charge in [0.2, 0.25) is 0 Å². The zero-order valence-electron chi connectivity index (χ0n) is 22.5. The van der Waals surface area contributed by atoms with Gasteiger partial charge in [0, 0.05) is 47.8 Å². The molecule has 3 aromatic rings. The van der Waals surface area contributed by atoms with Crippen molar-refractivity contribution in [1.82, 2.24) is 16.0 Å². The number of urea groups is 2. The second-order valence-corrected chi connectivity index (χ2v) is 9.25. The largest absolute Gasteiger partial charge is 0.368 e. The zero-order valence-corrected chi connectivity index (χ0v) is 22.5. The number of aliphatic imine (C=N–C) groups is 2. The topological polar surface area (TPSA) is 160 Å². The zero-order chi connectivity index (χ0) is 28.6. The molecule has 0 spiro atoms. The molecule has 12 heteroatoms. The summed E-state index contributed by atoms with van der Waals surface area (Å²) in [7, 11) is 0. The second kappa shape index (κ2) is 12.6. The molecule has 210 valence electrons.